The number of nitrogens with zero attached hydrogens (tertiary/aromatic N) is 1. The molecule has 2 aromatic rings. The summed E-state index contributed by atoms with van der Waals surface area (Å²) in [5, 5.41) is 2.80. The van der Waals surface area contributed by atoms with Crippen LogP contribution in [0.4, 0.5) is 5.69 Å². The average molecular weight is 394 g/mol. The number of ether oxygens (including phenoxy) is 1. The van der Waals surface area contributed by atoms with Gasteiger partial charge in [-0.3, -0.25) is 14.4 Å². The molecule has 6 nitrogen and oxygen atoms in total. The Morgan fingerprint density at radius 2 is 1.79 bits per heavy atom. The van der Waals surface area contributed by atoms with Crippen LogP contribution in [0.1, 0.15) is 36.1 Å². The van der Waals surface area contributed by atoms with Gasteiger partial charge >= 0.3 is 5.97 Å². The molecule has 1 saturated heterocycles. The van der Waals surface area contributed by atoms with Gasteiger partial charge in [-0.2, -0.15) is 0 Å². The summed E-state index contributed by atoms with van der Waals surface area (Å²) in [4.78, 5) is 38.5. The average Bonchev–Trinajstić information content (AvgIpc) is 3.08. The zero-order valence-electron chi connectivity index (χ0n) is 17.0. The highest BCUT2D eigenvalue weighted by Crippen LogP contribution is 2.27. The highest BCUT2D eigenvalue weighted by molar-refractivity contribution is 5.99. The van der Waals surface area contributed by atoms with Gasteiger partial charge in [0.1, 0.15) is 0 Å². The van der Waals surface area contributed by atoms with Crippen molar-refractivity contribution in [2.45, 2.75) is 33.2 Å². The molecular weight excluding hydrogens is 368 g/mol. The van der Waals surface area contributed by atoms with E-state index in [-0.39, 0.29) is 37.4 Å². The van der Waals surface area contributed by atoms with Gasteiger partial charge in [0.05, 0.1) is 12.0 Å². The first-order chi connectivity index (χ1) is 13.8. The fraction of sp³-hybridized carbons (Fsp3) is 0.348. The Labute approximate surface area is 170 Å². The van der Waals surface area contributed by atoms with Gasteiger partial charge in [0.15, 0.2) is 6.61 Å². The number of esters is 1. The molecule has 0 saturated carbocycles. The van der Waals surface area contributed by atoms with Crippen LogP contribution in [0.2, 0.25) is 0 Å². The fourth-order valence-electron chi connectivity index (χ4n) is 3.58. The Hall–Kier alpha value is -3.15. The third kappa shape index (κ3) is 5.22. The monoisotopic (exact) mass is 394 g/mol. The molecule has 29 heavy (non-hydrogen) atoms. The summed E-state index contributed by atoms with van der Waals surface area (Å²) in [7, 11) is 0. The summed E-state index contributed by atoms with van der Waals surface area (Å²) in [5.74, 6) is -1.57. The van der Waals surface area contributed by atoms with E-state index in [1.54, 1.807) is 4.90 Å². The van der Waals surface area contributed by atoms with E-state index < -0.39 is 11.9 Å². The minimum atomic E-state index is -0.567. The van der Waals surface area contributed by atoms with E-state index >= 15 is 0 Å². The van der Waals surface area contributed by atoms with Crippen molar-refractivity contribution in [3.63, 3.8) is 0 Å². The fourth-order valence-corrected chi connectivity index (χ4v) is 3.58. The molecule has 1 aliphatic rings. The zero-order valence-corrected chi connectivity index (χ0v) is 17.0. The summed E-state index contributed by atoms with van der Waals surface area (Å²) in [5.41, 5.74) is 3.88. The molecule has 2 atom stereocenters. The quantitative estimate of drug-likeness (QED) is 0.764. The van der Waals surface area contributed by atoms with Gasteiger partial charge in [-0.1, -0.05) is 36.4 Å². The number of nitrogens with one attached hydrogen (secondary N) is 1. The van der Waals surface area contributed by atoms with E-state index in [0.29, 0.717) is 0 Å². The summed E-state index contributed by atoms with van der Waals surface area (Å²) < 4.78 is 5.17. The first-order valence-electron chi connectivity index (χ1n) is 9.73. The number of hydrogen-bond donors (Lipinski definition) is 1. The van der Waals surface area contributed by atoms with Crippen molar-refractivity contribution in [3.05, 3.63) is 65.2 Å². The second-order valence-electron chi connectivity index (χ2n) is 7.56. The van der Waals surface area contributed by atoms with E-state index in [0.717, 1.165) is 22.4 Å². The van der Waals surface area contributed by atoms with Gasteiger partial charge in [-0.05, 0) is 49.6 Å². The number of aryl methyl sites for hydroxylation is 2. The lowest BCUT2D eigenvalue weighted by molar-refractivity contribution is -0.152. The normalized spacial score (nSPS) is 17.1. The number of anilines is 1. The third-order valence-electron chi connectivity index (χ3n) is 5.00. The molecule has 0 spiro atoms. The molecule has 1 heterocycles. The molecular formula is C23H26N2O4. The largest absolute Gasteiger partial charge is 0.455 e. The zero-order chi connectivity index (χ0) is 21.0. The number of rotatable bonds is 6. The third-order valence-corrected chi connectivity index (χ3v) is 5.00. The van der Waals surface area contributed by atoms with Crippen LogP contribution in [0.25, 0.3) is 0 Å². The molecule has 1 aliphatic heterocycles. The minimum Gasteiger partial charge on any atom is -0.455 e. The maximum absolute atomic E-state index is 12.4. The van der Waals surface area contributed by atoms with E-state index in [1.165, 1.54) is 0 Å². The summed E-state index contributed by atoms with van der Waals surface area (Å²) in [6.45, 7) is 5.72. The predicted octanol–water partition coefficient (Wildman–Crippen LogP) is 3.08. The van der Waals surface area contributed by atoms with Crippen molar-refractivity contribution < 1.29 is 19.1 Å². The Bertz CT molecular complexity index is 890. The van der Waals surface area contributed by atoms with E-state index in [2.05, 4.69) is 5.32 Å². The van der Waals surface area contributed by atoms with E-state index in [9.17, 15) is 14.4 Å². The molecule has 0 aliphatic carbocycles. The Kier molecular flexibility index (Phi) is 6.32. The van der Waals surface area contributed by atoms with Crippen molar-refractivity contribution >= 4 is 23.5 Å². The van der Waals surface area contributed by atoms with Crippen molar-refractivity contribution in [3.8, 4) is 0 Å². The van der Waals surface area contributed by atoms with Crippen molar-refractivity contribution in [2.24, 2.45) is 5.92 Å². The van der Waals surface area contributed by atoms with Gasteiger partial charge in [-0.15, -0.1) is 0 Å². The van der Waals surface area contributed by atoms with E-state index in [1.807, 2.05) is 69.3 Å². The van der Waals surface area contributed by atoms with Crippen LogP contribution >= 0.6 is 0 Å². The SMILES string of the molecule is Cc1cc(C)cc(N2C[C@@H](C(=O)OCC(=O)N[C@H](C)c3ccccc3)CC2=O)c1. The standard InChI is InChI=1S/C23H26N2O4/c1-15-9-16(2)11-20(10-15)25-13-19(12-22(25)27)23(28)29-14-21(26)24-17(3)18-7-5-4-6-8-18/h4-11,17,19H,12-14H2,1-3H3,(H,24,26)/t17-,19+/m1/s1. The Balaban J connectivity index is 1.52. The van der Waals surface area contributed by atoms with Crippen LogP contribution in [0, 0.1) is 19.8 Å². The van der Waals surface area contributed by atoms with Crippen LogP contribution in [0.5, 0.6) is 0 Å². The number of carbonyl (C=O) groups excluding carboxylic acids is 3. The second-order valence-corrected chi connectivity index (χ2v) is 7.56. The number of hydrogen-bond acceptors (Lipinski definition) is 4. The van der Waals surface area contributed by atoms with Gasteiger partial charge in [0, 0.05) is 18.7 Å². The molecule has 1 fully saturated rings. The molecule has 0 radical (unpaired) electrons. The van der Waals surface area contributed by atoms with Gasteiger partial charge in [0.2, 0.25) is 5.91 Å². The highest BCUT2D eigenvalue weighted by Gasteiger charge is 2.36. The molecule has 0 unspecified atom stereocenters. The lowest BCUT2D eigenvalue weighted by Crippen LogP contribution is -2.32. The number of benzene rings is 2. The van der Waals surface area contributed by atoms with Crippen LogP contribution < -0.4 is 10.2 Å². The first-order valence-corrected chi connectivity index (χ1v) is 9.73. The highest BCUT2D eigenvalue weighted by atomic mass is 16.5. The van der Waals surface area contributed by atoms with Gasteiger partial charge in [0.25, 0.3) is 5.91 Å². The van der Waals surface area contributed by atoms with Gasteiger partial charge in [-0.25, -0.2) is 0 Å². The van der Waals surface area contributed by atoms with Crippen molar-refractivity contribution in [1.82, 2.24) is 5.32 Å². The molecule has 0 bridgehead atoms. The maximum Gasteiger partial charge on any atom is 0.311 e. The Morgan fingerprint density at radius 3 is 2.45 bits per heavy atom. The lowest BCUT2D eigenvalue weighted by atomic mass is 10.1. The molecule has 1 N–H and O–H groups in total. The van der Waals surface area contributed by atoms with E-state index in [4.69, 9.17) is 4.74 Å². The summed E-state index contributed by atoms with van der Waals surface area (Å²) >= 11 is 0. The number of carbonyl (C=O) groups is 3. The molecule has 0 aromatic heterocycles. The molecule has 2 aromatic carbocycles. The van der Waals surface area contributed by atoms with Crippen molar-refractivity contribution in [1.29, 1.82) is 0 Å². The second kappa shape index (κ2) is 8.90. The molecule has 2 amide bonds. The van der Waals surface area contributed by atoms with Crippen LogP contribution in [-0.2, 0) is 19.1 Å². The lowest BCUT2D eigenvalue weighted by Gasteiger charge is -2.18. The minimum absolute atomic E-state index is 0.0911. The van der Waals surface area contributed by atoms with Crippen LogP contribution in [-0.4, -0.2) is 30.9 Å². The topological polar surface area (TPSA) is 75.7 Å². The molecule has 152 valence electrons. The maximum atomic E-state index is 12.4. The van der Waals surface area contributed by atoms with Gasteiger partial charge < -0.3 is 15.0 Å². The van der Waals surface area contributed by atoms with Crippen LogP contribution in [0.3, 0.4) is 0 Å². The van der Waals surface area contributed by atoms with Crippen molar-refractivity contribution in [2.75, 3.05) is 18.1 Å². The summed E-state index contributed by atoms with van der Waals surface area (Å²) in [6, 6.07) is 15.2. The molecule has 3 rings (SSSR count). The van der Waals surface area contributed by atoms with Crippen LogP contribution in [0.15, 0.2) is 48.5 Å². The smallest absolute Gasteiger partial charge is 0.311 e. The Morgan fingerprint density at radius 1 is 1.14 bits per heavy atom. The first kappa shape index (κ1) is 20.6. The summed E-state index contributed by atoms with van der Waals surface area (Å²) in [6.07, 6.45) is 0.0911. The number of amides is 2. The molecule has 6 heteroatoms. The predicted molar refractivity (Wildman–Crippen MR) is 110 cm³/mol.